The molecule has 12 heteroatoms. The van der Waals surface area contributed by atoms with E-state index in [9.17, 15) is 9.59 Å². The van der Waals surface area contributed by atoms with Crippen molar-refractivity contribution < 1.29 is 18.7 Å². The fourth-order valence-electron chi connectivity index (χ4n) is 5.23. The molecule has 1 atom stereocenters. The van der Waals surface area contributed by atoms with Gasteiger partial charge >= 0.3 is 0 Å². The lowest BCUT2D eigenvalue weighted by Crippen LogP contribution is -2.48. The van der Waals surface area contributed by atoms with Crippen LogP contribution in [0.15, 0.2) is 41.1 Å². The molecular formula is C27H36N8O4. The van der Waals surface area contributed by atoms with Crippen molar-refractivity contribution in [1.29, 1.82) is 0 Å². The minimum atomic E-state index is -0.790. The SMILES string of the molecule is Cc1ccc(-c2nnn(CC(=O)N(CCCN3CCOCC3)C(C(=O)NC3CCCC3)c3ccncc3)n2)o1. The lowest BCUT2D eigenvalue weighted by atomic mass is 10.0. The van der Waals surface area contributed by atoms with E-state index in [0.29, 0.717) is 37.8 Å². The summed E-state index contributed by atoms with van der Waals surface area (Å²) in [6.07, 6.45) is 8.13. The Labute approximate surface area is 227 Å². The van der Waals surface area contributed by atoms with Gasteiger partial charge in [-0.1, -0.05) is 12.8 Å². The molecule has 2 fully saturated rings. The second-order valence-electron chi connectivity index (χ2n) is 10.1. The van der Waals surface area contributed by atoms with Gasteiger partial charge in [0.2, 0.25) is 17.6 Å². The van der Waals surface area contributed by atoms with E-state index in [0.717, 1.165) is 56.6 Å². The van der Waals surface area contributed by atoms with E-state index in [1.165, 1.54) is 4.80 Å². The molecule has 1 saturated carbocycles. The van der Waals surface area contributed by atoms with Gasteiger partial charge < -0.3 is 19.4 Å². The van der Waals surface area contributed by atoms with Crippen molar-refractivity contribution in [3.63, 3.8) is 0 Å². The van der Waals surface area contributed by atoms with Crippen molar-refractivity contribution in [3.05, 3.63) is 48.0 Å². The highest BCUT2D eigenvalue weighted by Crippen LogP contribution is 2.25. The average molecular weight is 537 g/mol. The summed E-state index contributed by atoms with van der Waals surface area (Å²) in [5, 5.41) is 15.7. The minimum absolute atomic E-state index is 0.128. The van der Waals surface area contributed by atoms with Gasteiger partial charge in [-0.3, -0.25) is 19.5 Å². The molecule has 1 N–H and O–H groups in total. The monoisotopic (exact) mass is 536 g/mol. The number of nitrogens with zero attached hydrogens (tertiary/aromatic N) is 7. The number of furan rings is 1. The number of ether oxygens (including phenoxy) is 1. The molecule has 5 rings (SSSR count). The molecule has 0 spiro atoms. The van der Waals surface area contributed by atoms with Gasteiger partial charge in [0.05, 0.1) is 13.2 Å². The Morgan fingerprint density at radius 2 is 1.90 bits per heavy atom. The Morgan fingerprint density at radius 1 is 1.13 bits per heavy atom. The molecular weight excluding hydrogens is 500 g/mol. The van der Waals surface area contributed by atoms with Crippen molar-refractivity contribution >= 4 is 11.8 Å². The van der Waals surface area contributed by atoms with Crippen molar-refractivity contribution in [2.75, 3.05) is 39.4 Å². The quantitative estimate of drug-likeness (QED) is 0.391. The van der Waals surface area contributed by atoms with Gasteiger partial charge in [-0.05, 0) is 61.2 Å². The molecule has 1 aliphatic carbocycles. The summed E-state index contributed by atoms with van der Waals surface area (Å²) >= 11 is 0. The second-order valence-corrected chi connectivity index (χ2v) is 10.1. The van der Waals surface area contributed by atoms with E-state index in [1.807, 2.05) is 13.0 Å². The van der Waals surface area contributed by atoms with Crippen LogP contribution in [0.5, 0.6) is 0 Å². The van der Waals surface area contributed by atoms with E-state index < -0.39 is 6.04 Å². The third-order valence-corrected chi connectivity index (χ3v) is 7.27. The number of hydrogen-bond acceptors (Lipinski definition) is 9. The lowest BCUT2D eigenvalue weighted by Gasteiger charge is -2.33. The number of nitrogens with one attached hydrogen (secondary N) is 1. The summed E-state index contributed by atoms with van der Waals surface area (Å²) in [6.45, 7) is 6.04. The van der Waals surface area contributed by atoms with Crippen molar-refractivity contribution in [3.8, 4) is 11.6 Å². The van der Waals surface area contributed by atoms with Crippen LogP contribution < -0.4 is 5.32 Å². The number of aromatic nitrogens is 5. The van der Waals surface area contributed by atoms with E-state index in [1.54, 1.807) is 35.5 Å². The standard InChI is InChI=1S/C27H36N8O4/c1-20-7-8-23(39-20)26-30-32-35(31-26)19-24(36)34(14-4-13-33-15-17-38-18-16-33)25(21-9-11-28-12-10-21)27(37)29-22-5-2-3-6-22/h7-12,22,25H,2-6,13-19H2,1H3,(H,29,37). The largest absolute Gasteiger partial charge is 0.458 e. The first-order valence-electron chi connectivity index (χ1n) is 13.7. The predicted molar refractivity (Wildman–Crippen MR) is 141 cm³/mol. The zero-order chi connectivity index (χ0) is 27.0. The van der Waals surface area contributed by atoms with Gasteiger partial charge in [0.15, 0.2) is 5.76 Å². The topological polar surface area (TPSA) is 132 Å². The zero-order valence-electron chi connectivity index (χ0n) is 22.4. The molecule has 0 bridgehead atoms. The van der Waals surface area contributed by atoms with Crippen LogP contribution >= 0.6 is 0 Å². The number of aryl methyl sites for hydroxylation is 1. The van der Waals surface area contributed by atoms with Crippen LogP contribution in [0.4, 0.5) is 0 Å². The van der Waals surface area contributed by atoms with Gasteiger partial charge in [-0.2, -0.15) is 4.80 Å². The third kappa shape index (κ3) is 7.07. The molecule has 1 aliphatic heterocycles. The summed E-state index contributed by atoms with van der Waals surface area (Å²) in [6, 6.07) is 6.52. The molecule has 2 amide bonds. The van der Waals surface area contributed by atoms with Crippen LogP contribution in [-0.2, 0) is 20.9 Å². The van der Waals surface area contributed by atoms with Gasteiger partial charge in [0.1, 0.15) is 18.3 Å². The Bertz CT molecular complexity index is 1220. The zero-order valence-corrected chi connectivity index (χ0v) is 22.4. The molecule has 1 unspecified atom stereocenters. The smallest absolute Gasteiger partial charge is 0.247 e. The Kier molecular flexibility index (Phi) is 8.94. The molecule has 2 aliphatic rings. The lowest BCUT2D eigenvalue weighted by molar-refractivity contribution is -0.142. The molecule has 0 radical (unpaired) electrons. The summed E-state index contributed by atoms with van der Waals surface area (Å²) in [5.74, 6) is 1.09. The molecule has 4 heterocycles. The first-order chi connectivity index (χ1) is 19.1. The molecule has 3 aromatic heterocycles. The van der Waals surface area contributed by atoms with Crippen LogP contribution in [0.3, 0.4) is 0 Å². The number of tetrazole rings is 1. The van der Waals surface area contributed by atoms with Crippen molar-refractivity contribution in [2.45, 2.75) is 57.7 Å². The fraction of sp³-hybridized carbons (Fsp3) is 0.556. The average Bonchev–Trinajstić information content (AvgIpc) is 3.72. The van der Waals surface area contributed by atoms with Crippen LogP contribution in [0, 0.1) is 6.92 Å². The summed E-state index contributed by atoms with van der Waals surface area (Å²) in [7, 11) is 0. The number of amides is 2. The highest BCUT2D eigenvalue weighted by atomic mass is 16.5. The molecule has 3 aromatic rings. The van der Waals surface area contributed by atoms with E-state index in [2.05, 4.69) is 30.6 Å². The fourth-order valence-corrected chi connectivity index (χ4v) is 5.23. The molecule has 39 heavy (non-hydrogen) atoms. The van der Waals surface area contributed by atoms with Crippen LogP contribution in [0.2, 0.25) is 0 Å². The van der Waals surface area contributed by atoms with Gasteiger partial charge in [-0.15, -0.1) is 10.2 Å². The minimum Gasteiger partial charge on any atom is -0.458 e. The van der Waals surface area contributed by atoms with Gasteiger partial charge in [-0.25, -0.2) is 0 Å². The number of carbonyl (C=O) groups excluding carboxylic acids is 2. The van der Waals surface area contributed by atoms with Crippen LogP contribution in [0.25, 0.3) is 11.6 Å². The maximum Gasteiger partial charge on any atom is 0.247 e. The summed E-state index contributed by atoms with van der Waals surface area (Å²) in [4.78, 5) is 36.9. The highest BCUT2D eigenvalue weighted by Gasteiger charge is 2.33. The molecule has 1 saturated heterocycles. The first-order valence-corrected chi connectivity index (χ1v) is 13.7. The van der Waals surface area contributed by atoms with Crippen molar-refractivity contribution in [1.82, 2.24) is 40.3 Å². The van der Waals surface area contributed by atoms with Crippen molar-refractivity contribution in [2.24, 2.45) is 0 Å². The maximum absolute atomic E-state index is 13.8. The van der Waals surface area contributed by atoms with Crippen LogP contribution in [0.1, 0.15) is 49.5 Å². The number of hydrogen-bond donors (Lipinski definition) is 1. The molecule has 208 valence electrons. The number of carbonyl (C=O) groups is 2. The van der Waals surface area contributed by atoms with Crippen LogP contribution in [-0.4, -0.2) is 92.2 Å². The Balaban J connectivity index is 1.36. The van der Waals surface area contributed by atoms with E-state index in [4.69, 9.17) is 9.15 Å². The summed E-state index contributed by atoms with van der Waals surface area (Å²) < 4.78 is 11.1. The Hall–Kier alpha value is -3.64. The normalized spacial score (nSPS) is 17.3. The van der Waals surface area contributed by atoms with Gasteiger partial charge in [0, 0.05) is 44.6 Å². The second kappa shape index (κ2) is 12.9. The molecule has 0 aromatic carbocycles. The highest BCUT2D eigenvalue weighted by molar-refractivity contribution is 5.88. The van der Waals surface area contributed by atoms with E-state index in [-0.39, 0.29) is 24.4 Å². The third-order valence-electron chi connectivity index (χ3n) is 7.27. The number of pyridine rings is 1. The number of morpholine rings is 1. The Morgan fingerprint density at radius 3 is 2.62 bits per heavy atom. The predicted octanol–water partition coefficient (Wildman–Crippen LogP) is 1.99. The van der Waals surface area contributed by atoms with Gasteiger partial charge in [0.25, 0.3) is 0 Å². The summed E-state index contributed by atoms with van der Waals surface area (Å²) in [5.41, 5.74) is 0.721. The first kappa shape index (κ1) is 26.9. The molecule has 12 nitrogen and oxygen atoms in total. The van der Waals surface area contributed by atoms with E-state index >= 15 is 0 Å². The maximum atomic E-state index is 13.8. The number of rotatable bonds is 11.